The minimum absolute atomic E-state index is 0.213. The molecular formula is C26H23F3N4O2. The van der Waals surface area contributed by atoms with Gasteiger partial charge in [0.2, 0.25) is 5.91 Å². The lowest BCUT2D eigenvalue weighted by Crippen LogP contribution is -2.44. The molecule has 2 atom stereocenters. The van der Waals surface area contributed by atoms with Crippen molar-refractivity contribution in [3.8, 4) is 11.8 Å². The lowest BCUT2D eigenvalue weighted by molar-refractivity contribution is -0.137. The number of anilines is 1. The molecule has 0 spiro atoms. The van der Waals surface area contributed by atoms with Crippen LogP contribution in [0.5, 0.6) is 5.75 Å². The third-order valence-electron chi connectivity index (χ3n) is 5.83. The lowest BCUT2D eigenvalue weighted by atomic mass is 10.1. The number of rotatable bonds is 7. The zero-order valence-electron chi connectivity index (χ0n) is 18.7. The van der Waals surface area contributed by atoms with Crippen molar-refractivity contribution in [1.82, 2.24) is 10.3 Å². The Morgan fingerprint density at radius 3 is 2.57 bits per heavy atom. The van der Waals surface area contributed by atoms with Gasteiger partial charge in [-0.3, -0.25) is 9.78 Å². The van der Waals surface area contributed by atoms with Crippen LogP contribution in [0.25, 0.3) is 0 Å². The molecule has 2 heterocycles. The Hall–Kier alpha value is -4.06. The molecule has 1 saturated heterocycles. The Morgan fingerprint density at radius 1 is 1.14 bits per heavy atom. The van der Waals surface area contributed by atoms with Gasteiger partial charge in [0.1, 0.15) is 17.9 Å². The van der Waals surface area contributed by atoms with Crippen LogP contribution in [0.4, 0.5) is 18.9 Å². The van der Waals surface area contributed by atoms with Crippen molar-refractivity contribution in [2.75, 3.05) is 18.0 Å². The fourth-order valence-electron chi connectivity index (χ4n) is 4.15. The Morgan fingerprint density at radius 2 is 1.89 bits per heavy atom. The number of halogens is 3. The molecule has 0 unspecified atom stereocenters. The summed E-state index contributed by atoms with van der Waals surface area (Å²) in [6.45, 7) is 0.596. The van der Waals surface area contributed by atoms with Gasteiger partial charge in [-0.25, -0.2) is 0 Å². The number of ether oxygens (including phenoxy) is 1. The van der Waals surface area contributed by atoms with Crippen LogP contribution in [0.3, 0.4) is 0 Å². The Bertz CT molecular complexity index is 1200. The van der Waals surface area contributed by atoms with Crippen molar-refractivity contribution in [2.24, 2.45) is 0 Å². The van der Waals surface area contributed by atoms with E-state index in [2.05, 4.69) is 10.3 Å². The van der Waals surface area contributed by atoms with Gasteiger partial charge in [-0.1, -0.05) is 18.2 Å². The molecule has 1 N–H and O–H groups in total. The summed E-state index contributed by atoms with van der Waals surface area (Å²) in [5.41, 5.74) is -0.266. The Balaban J connectivity index is 1.55. The molecule has 0 radical (unpaired) electrons. The summed E-state index contributed by atoms with van der Waals surface area (Å²) < 4.78 is 46.7. The Kier molecular flexibility index (Phi) is 7.20. The minimum atomic E-state index is -4.69. The number of carbonyl (C=O) groups is 1. The molecule has 3 aromatic rings. The quantitative estimate of drug-likeness (QED) is 0.544. The van der Waals surface area contributed by atoms with Gasteiger partial charge in [0, 0.05) is 31.0 Å². The topological polar surface area (TPSA) is 78.2 Å². The molecule has 0 aliphatic carbocycles. The monoisotopic (exact) mass is 480 g/mol. The molecular weight excluding hydrogens is 457 g/mol. The van der Waals surface area contributed by atoms with Crippen LogP contribution in [-0.4, -0.2) is 36.1 Å². The molecule has 9 heteroatoms. The molecule has 1 aliphatic rings. The molecule has 6 nitrogen and oxygen atoms in total. The number of benzene rings is 2. The van der Waals surface area contributed by atoms with Crippen molar-refractivity contribution in [2.45, 2.75) is 31.2 Å². The van der Waals surface area contributed by atoms with E-state index in [-0.39, 0.29) is 18.1 Å². The standard InChI is InChI=1S/C26H23F3N4O2/c27-26(28,29)23-14-20(7-6-19(23)16-30)33-17-22(35-21-4-2-1-3-5-21)15-24(33)25(34)32-13-10-18-8-11-31-12-9-18/h1-9,11-12,14,22,24H,10,13,15,17H2,(H,32,34)/t22-,24-/m0/s1. The maximum absolute atomic E-state index is 13.6. The summed E-state index contributed by atoms with van der Waals surface area (Å²) in [5, 5.41) is 12.0. The first-order valence-corrected chi connectivity index (χ1v) is 11.1. The SMILES string of the molecule is N#Cc1ccc(N2C[C@@H](Oc3ccccc3)C[C@H]2C(=O)NCCc2ccncc2)cc1C(F)(F)F. The second-order valence-corrected chi connectivity index (χ2v) is 8.19. The molecule has 4 rings (SSSR count). The number of pyridine rings is 1. The van der Waals surface area contributed by atoms with Gasteiger partial charge in [-0.15, -0.1) is 0 Å². The predicted octanol–water partition coefficient (Wildman–Crippen LogP) is 4.36. The van der Waals surface area contributed by atoms with Crippen LogP contribution in [0, 0.1) is 11.3 Å². The average Bonchev–Trinajstić information content (AvgIpc) is 3.28. The number of alkyl halides is 3. The highest BCUT2D eigenvalue weighted by atomic mass is 19.4. The molecule has 180 valence electrons. The first-order valence-electron chi connectivity index (χ1n) is 11.1. The van der Waals surface area contributed by atoms with Crippen LogP contribution in [0.15, 0.2) is 73.1 Å². The number of nitrogens with zero attached hydrogens (tertiary/aromatic N) is 3. The molecule has 1 aromatic heterocycles. The van der Waals surface area contributed by atoms with E-state index in [0.29, 0.717) is 25.1 Å². The van der Waals surface area contributed by atoms with Crippen molar-refractivity contribution < 1.29 is 22.7 Å². The predicted molar refractivity (Wildman–Crippen MR) is 124 cm³/mol. The minimum Gasteiger partial charge on any atom is -0.488 e. The summed E-state index contributed by atoms with van der Waals surface area (Å²) in [6.07, 6.45) is -0.853. The number of hydrogen-bond donors (Lipinski definition) is 1. The molecule has 1 amide bonds. The van der Waals surface area contributed by atoms with E-state index in [1.165, 1.54) is 6.07 Å². The number of hydrogen-bond acceptors (Lipinski definition) is 5. The van der Waals surface area contributed by atoms with Gasteiger partial charge in [0.25, 0.3) is 0 Å². The largest absolute Gasteiger partial charge is 0.488 e. The highest BCUT2D eigenvalue weighted by Crippen LogP contribution is 2.36. The van der Waals surface area contributed by atoms with E-state index in [4.69, 9.17) is 10.00 Å². The first kappa shape index (κ1) is 24.1. The zero-order valence-corrected chi connectivity index (χ0v) is 18.7. The highest BCUT2D eigenvalue weighted by molar-refractivity contribution is 5.86. The van der Waals surface area contributed by atoms with E-state index in [0.717, 1.165) is 17.7 Å². The summed E-state index contributed by atoms with van der Waals surface area (Å²) in [4.78, 5) is 18.7. The third-order valence-corrected chi connectivity index (χ3v) is 5.83. The number of nitrogens with one attached hydrogen (secondary N) is 1. The van der Waals surface area contributed by atoms with E-state index >= 15 is 0 Å². The van der Waals surface area contributed by atoms with E-state index in [1.807, 2.05) is 30.3 Å². The van der Waals surface area contributed by atoms with Crippen LogP contribution in [0.2, 0.25) is 0 Å². The lowest BCUT2D eigenvalue weighted by Gasteiger charge is -2.26. The van der Waals surface area contributed by atoms with E-state index in [1.54, 1.807) is 35.5 Å². The number of para-hydroxylation sites is 1. The van der Waals surface area contributed by atoms with Crippen molar-refractivity contribution in [3.63, 3.8) is 0 Å². The van der Waals surface area contributed by atoms with E-state index < -0.39 is 29.4 Å². The van der Waals surface area contributed by atoms with Gasteiger partial charge < -0.3 is 15.0 Å². The number of amides is 1. The van der Waals surface area contributed by atoms with Crippen LogP contribution in [-0.2, 0) is 17.4 Å². The second kappa shape index (κ2) is 10.5. The number of aromatic nitrogens is 1. The smallest absolute Gasteiger partial charge is 0.417 e. The maximum Gasteiger partial charge on any atom is 0.417 e. The molecule has 0 saturated carbocycles. The van der Waals surface area contributed by atoms with Gasteiger partial charge in [-0.05, 0) is 54.4 Å². The highest BCUT2D eigenvalue weighted by Gasteiger charge is 2.40. The maximum atomic E-state index is 13.6. The van der Waals surface area contributed by atoms with Gasteiger partial charge in [0.15, 0.2) is 0 Å². The van der Waals surface area contributed by atoms with Gasteiger partial charge in [0.05, 0.1) is 23.7 Å². The molecule has 1 aliphatic heterocycles. The first-order chi connectivity index (χ1) is 16.8. The van der Waals surface area contributed by atoms with Gasteiger partial charge in [-0.2, -0.15) is 18.4 Å². The summed E-state index contributed by atoms with van der Waals surface area (Å²) in [6, 6.07) is 17.2. The molecule has 0 bridgehead atoms. The van der Waals surface area contributed by atoms with E-state index in [9.17, 15) is 18.0 Å². The molecule has 35 heavy (non-hydrogen) atoms. The number of nitriles is 1. The van der Waals surface area contributed by atoms with Gasteiger partial charge >= 0.3 is 6.18 Å². The molecule has 2 aromatic carbocycles. The van der Waals surface area contributed by atoms with Crippen LogP contribution < -0.4 is 15.0 Å². The summed E-state index contributed by atoms with van der Waals surface area (Å²) in [7, 11) is 0. The fraction of sp³-hybridized carbons (Fsp3) is 0.269. The molecule has 1 fully saturated rings. The van der Waals surface area contributed by atoms with Crippen molar-refractivity contribution >= 4 is 11.6 Å². The summed E-state index contributed by atoms with van der Waals surface area (Å²) in [5.74, 6) is 0.322. The fourth-order valence-corrected chi connectivity index (χ4v) is 4.15. The second-order valence-electron chi connectivity index (χ2n) is 8.19. The Labute approximate surface area is 201 Å². The normalized spacial score (nSPS) is 17.6. The number of carbonyl (C=O) groups excluding carboxylic acids is 1. The van der Waals surface area contributed by atoms with Crippen LogP contribution in [0.1, 0.15) is 23.1 Å². The van der Waals surface area contributed by atoms with Crippen LogP contribution >= 0.6 is 0 Å². The zero-order chi connectivity index (χ0) is 24.8. The summed E-state index contributed by atoms with van der Waals surface area (Å²) >= 11 is 0. The van der Waals surface area contributed by atoms with Crippen molar-refractivity contribution in [1.29, 1.82) is 5.26 Å². The third kappa shape index (κ3) is 5.90. The van der Waals surface area contributed by atoms with Crippen molar-refractivity contribution in [3.05, 3.63) is 89.7 Å². The average molecular weight is 480 g/mol.